The number of aromatic nitrogens is 1. The zero-order valence-electron chi connectivity index (χ0n) is 16.3. The molecule has 0 bridgehead atoms. The zero-order chi connectivity index (χ0) is 19.7. The van der Waals surface area contributed by atoms with Crippen LogP contribution >= 0.6 is 0 Å². The molecule has 1 atom stereocenters. The van der Waals surface area contributed by atoms with Crippen LogP contribution in [0.15, 0.2) is 42.6 Å². The lowest BCUT2D eigenvalue weighted by Gasteiger charge is -2.17. The highest BCUT2D eigenvalue weighted by Crippen LogP contribution is 2.39. The van der Waals surface area contributed by atoms with E-state index in [1.165, 1.54) is 5.56 Å². The number of carbonyl (C=O) groups is 1. The fourth-order valence-electron chi connectivity index (χ4n) is 3.99. The maximum Gasteiger partial charge on any atom is 0.240 e. The summed E-state index contributed by atoms with van der Waals surface area (Å²) in [6, 6.07) is 11.8. The quantitative estimate of drug-likeness (QED) is 0.711. The first-order valence-electron chi connectivity index (χ1n) is 9.30. The monoisotopic (exact) mass is 380 g/mol. The molecular formula is C22H24N2O4. The van der Waals surface area contributed by atoms with Crippen LogP contribution in [-0.2, 0) is 17.8 Å². The molecule has 3 aromatic rings. The Hall–Kier alpha value is -3.15. The summed E-state index contributed by atoms with van der Waals surface area (Å²) in [5.41, 5.74) is 3.27. The van der Waals surface area contributed by atoms with Crippen LogP contribution < -0.4 is 19.5 Å². The summed E-state index contributed by atoms with van der Waals surface area (Å²) in [4.78, 5) is 12.7. The van der Waals surface area contributed by atoms with Gasteiger partial charge in [0.2, 0.25) is 5.91 Å². The highest BCUT2D eigenvalue weighted by atomic mass is 16.5. The van der Waals surface area contributed by atoms with Gasteiger partial charge in [0.05, 0.1) is 32.9 Å². The van der Waals surface area contributed by atoms with Crippen LogP contribution in [0.4, 0.5) is 0 Å². The molecule has 0 saturated carbocycles. The average molecular weight is 380 g/mol. The Bertz CT molecular complexity index is 1020. The summed E-state index contributed by atoms with van der Waals surface area (Å²) < 4.78 is 18.1. The van der Waals surface area contributed by atoms with E-state index in [-0.39, 0.29) is 18.5 Å². The van der Waals surface area contributed by atoms with Crippen LogP contribution in [0.2, 0.25) is 0 Å². The highest BCUT2D eigenvalue weighted by molar-refractivity contribution is 5.88. The summed E-state index contributed by atoms with van der Waals surface area (Å²) in [5, 5.41) is 4.17. The van der Waals surface area contributed by atoms with Gasteiger partial charge in [0, 0.05) is 11.6 Å². The molecule has 0 fully saturated rings. The number of hydrogen-bond donors (Lipinski definition) is 1. The van der Waals surface area contributed by atoms with Crippen LogP contribution in [0.25, 0.3) is 10.9 Å². The first-order chi connectivity index (χ1) is 13.6. The Morgan fingerprint density at radius 3 is 2.57 bits per heavy atom. The van der Waals surface area contributed by atoms with Crippen molar-refractivity contribution >= 4 is 16.8 Å². The molecule has 146 valence electrons. The maximum absolute atomic E-state index is 12.7. The van der Waals surface area contributed by atoms with E-state index >= 15 is 0 Å². The van der Waals surface area contributed by atoms with E-state index in [4.69, 9.17) is 14.2 Å². The van der Waals surface area contributed by atoms with Crippen molar-refractivity contribution < 1.29 is 19.0 Å². The number of benzene rings is 2. The summed E-state index contributed by atoms with van der Waals surface area (Å²) in [7, 11) is 4.91. The predicted molar refractivity (Wildman–Crippen MR) is 107 cm³/mol. The molecule has 2 aromatic carbocycles. The Balaban J connectivity index is 1.52. The average Bonchev–Trinajstić information content (AvgIpc) is 3.30. The number of ether oxygens (including phenoxy) is 3. The lowest BCUT2D eigenvalue weighted by molar-refractivity contribution is -0.122. The van der Waals surface area contributed by atoms with Crippen LogP contribution in [0.5, 0.6) is 17.2 Å². The van der Waals surface area contributed by atoms with Gasteiger partial charge in [-0.25, -0.2) is 0 Å². The normalized spacial score (nSPS) is 15.3. The number of rotatable bonds is 6. The Labute approximate surface area is 164 Å². The molecule has 1 aliphatic carbocycles. The van der Waals surface area contributed by atoms with Gasteiger partial charge in [0.15, 0.2) is 11.5 Å². The number of carbonyl (C=O) groups excluding carboxylic acids is 1. The topological polar surface area (TPSA) is 61.7 Å². The van der Waals surface area contributed by atoms with Crippen LogP contribution in [-0.4, -0.2) is 31.8 Å². The summed E-state index contributed by atoms with van der Waals surface area (Å²) in [5.74, 6) is 2.20. The van der Waals surface area contributed by atoms with Gasteiger partial charge < -0.3 is 24.1 Å². The SMILES string of the molecule is COc1cc2c(cc1OC)C(NC(=O)Cn1ccc3c(OC)cccc31)CC2. The molecule has 0 spiro atoms. The molecule has 1 N–H and O–H groups in total. The van der Waals surface area contributed by atoms with Gasteiger partial charge in [-0.15, -0.1) is 0 Å². The van der Waals surface area contributed by atoms with Gasteiger partial charge in [-0.05, 0) is 54.3 Å². The molecule has 6 nitrogen and oxygen atoms in total. The molecule has 4 rings (SSSR count). The molecule has 0 saturated heterocycles. The maximum atomic E-state index is 12.7. The van der Waals surface area contributed by atoms with Gasteiger partial charge in [-0.1, -0.05) is 6.07 Å². The predicted octanol–water partition coefficient (Wildman–Crippen LogP) is 3.47. The molecule has 1 aromatic heterocycles. The summed E-state index contributed by atoms with van der Waals surface area (Å²) in [6.07, 6.45) is 3.70. The molecule has 28 heavy (non-hydrogen) atoms. The van der Waals surface area contributed by atoms with E-state index in [1.54, 1.807) is 21.3 Å². The fraction of sp³-hybridized carbons (Fsp3) is 0.318. The minimum Gasteiger partial charge on any atom is -0.496 e. The largest absolute Gasteiger partial charge is 0.496 e. The van der Waals surface area contributed by atoms with Gasteiger partial charge in [-0.3, -0.25) is 4.79 Å². The number of amides is 1. The van der Waals surface area contributed by atoms with E-state index in [2.05, 4.69) is 5.32 Å². The van der Waals surface area contributed by atoms with Crippen molar-refractivity contribution in [2.45, 2.75) is 25.4 Å². The van der Waals surface area contributed by atoms with Crippen LogP contribution in [0.3, 0.4) is 0 Å². The second kappa shape index (κ2) is 7.46. The van der Waals surface area contributed by atoms with E-state index in [0.29, 0.717) is 5.75 Å². The van der Waals surface area contributed by atoms with E-state index in [0.717, 1.165) is 40.8 Å². The van der Waals surface area contributed by atoms with Crippen LogP contribution in [0.1, 0.15) is 23.6 Å². The summed E-state index contributed by atoms with van der Waals surface area (Å²) >= 11 is 0. The number of aryl methyl sites for hydroxylation is 1. The number of methoxy groups -OCH3 is 3. The second-order valence-electron chi connectivity index (χ2n) is 6.90. The Morgan fingerprint density at radius 1 is 1.07 bits per heavy atom. The smallest absolute Gasteiger partial charge is 0.240 e. The van der Waals surface area contributed by atoms with Crippen molar-refractivity contribution in [2.75, 3.05) is 21.3 Å². The van der Waals surface area contributed by atoms with Crippen molar-refractivity contribution in [3.8, 4) is 17.2 Å². The first kappa shape index (κ1) is 18.2. The van der Waals surface area contributed by atoms with Crippen molar-refractivity contribution in [2.24, 2.45) is 0 Å². The summed E-state index contributed by atoms with van der Waals surface area (Å²) in [6.45, 7) is 0.260. The zero-order valence-corrected chi connectivity index (χ0v) is 16.3. The van der Waals surface area contributed by atoms with E-state index in [9.17, 15) is 4.79 Å². The van der Waals surface area contributed by atoms with Crippen LogP contribution in [0, 0.1) is 0 Å². The number of nitrogens with one attached hydrogen (secondary N) is 1. The molecular weight excluding hydrogens is 356 g/mol. The second-order valence-corrected chi connectivity index (χ2v) is 6.90. The number of fused-ring (bicyclic) bond motifs is 2. The minimum atomic E-state index is -0.0204. The third-order valence-electron chi connectivity index (χ3n) is 5.37. The third-order valence-corrected chi connectivity index (χ3v) is 5.37. The lowest BCUT2D eigenvalue weighted by Crippen LogP contribution is -2.30. The molecule has 6 heteroatoms. The van der Waals surface area contributed by atoms with E-state index in [1.807, 2.05) is 47.2 Å². The molecule has 1 amide bonds. The van der Waals surface area contributed by atoms with Gasteiger partial charge in [-0.2, -0.15) is 0 Å². The lowest BCUT2D eigenvalue weighted by atomic mass is 10.1. The van der Waals surface area contributed by atoms with Gasteiger partial charge in [0.25, 0.3) is 0 Å². The fourth-order valence-corrected chi connectivity index (χ4v) is 3.99. The molecule has 0 radical (unpaired) electrons. The minimum absolute atomic E-state index is 0.0151. The number of nitrogens with zero attached hydrogens (tertiary/aromatic N) is 1. The molecule has 1 unspecified atom stereocenters. The highest BCUT2D eigenvalue weighted by Gasteiger charge is 2.26. The number of hydrogen-bond acceptors (Lipinski definition) is 4. The van der Waals surface area contributed by atoms with Crippen molar-refractivity contribution in [1.29, 1.82) is 0 Å². The molecule has 1 aliphatic rings. The van der Waals surface area contributed by atoms with E-state index < -0.39 is 0 Å². The molecule has 0 aliphatic heterocycles. The Kier molecular flexibility index (Phi) is 4.86. The van der Waals surface area contributed by atoms with Crippen molar-refractivity contribution in [3.63, 3.8) is 0 Å². The van der Waals surface area contributed by atoms with Gasteiger partial charge >= 0.3 is 0 Å². The Morgan fingerprint density at radius 2 is 1.82 bits per heavy atom. The van der Waals surface area contributed by atoms with Gasteiger partial charge in [0.1, 0.15) is 12.3 Å². The standard InChI is InChI=1S/C22H24N2O4/c1-26-19-6-4-5-18-15(19)9-10-24(18)13-22(25)23-17-8-7-14-11-20(27-2)21(28-3)12-16(14)17/h4-6,9-12,17H,7-8,13H2,1-3H3,(H,23,25). The molecule has 1 heterocycles. The third kappa shape index (κ3) is 3.15. The van der Waals surface area contributed by atoms with Crippen molar-refractivity contribution in [1.82, 2.24) is 9.88 Å². The van der Waals surface area contributed by atoms with Crippen molar-refractivity contribution in [3.05, 3.63) is 53.7 Å². The first-order valence-corrected chi connectivity index (χ1v) is 9.30.